The second kappa shape index (κ2) is 5.15. The quantitative estimate of drug-likeness (QED) is 0.516. The number of carbonyl (C=O) groups is 1. The standard InChI is InChI=1S/C11H20O3/c1-8(2)7-13-9(3)10(12)14-11(4,5)6/h9H,1,7H2,2-6H3/t9-/m1/s1. The predicted molar refractivity (Wildman–Crippen MR) is 56.1 cm³/mol. The zero-order chi connectivity index (χ0) is 11.4. The average Bonchev–Trinajstić information content (AvgIpc) is 1.96. The van der Waals surface area contributed by atoms with Gasteiger partial charge in [-0.05, 0) is 34.6 Å². The lowest BCUT2D eigenvalue weighted by atomic mass is 10.2. The molecule has 0 aliphatic heterocycles. The lowest BCUT2D eigenvalue weighted by molar-refractivity contribution is -0.166. The van der Waals surface area contributed by atoms with E-state index in [9.17, 15) is 4.79 Å². The van der Waals surface area contributed by atoms with E-state index in [1.807, 2.05) is 27.7 Å². The summed E-state index contributed by atoms with van der Waals surface area (Å²) >= 11 is 0. The Morgan fingerprint density at radius 1 is 1.43 bits per heavy atom. The van der Waals surface area contributed by atoms with Crippen LogP contribution < -0.4 is 0 Å². The van der Waals surface area contributed by atoms with Crippen molar-refractivity contribution in [1.29, 1.82) is 0 Å². The molecular weight excluding hydrogens is 180 g/mol. The maximum absolute atomic E-state index is 11.4. The summed E-state index contributed by atoms with van der Waals surface area (Å²) in [7, 11) is 0. The molecule has 82 valence electrons. The maximum atomic E-state index is 11.4. The Kier molecular flexibility index (Phi) is 4.85. The predicted octanol–water partition coefficient (Wildman–Crippen LogP) is 2.31. The third kappa shape index (κ3) is 6.66. The molecule has 0 aromatic heterocycles. The van der Waals surface area contributed by atoms with E-state index in [-0.39, 0.29) is 5.97 Å². The molecule has 0 aliphatic rings. The van der Waals surface area contributed by atoms with Crippen LogP contribution in [0.5, 0.6) is 0 Å². The van der Waals surface area contributed by atoms with Crippen LogP contribution in [0, 0.1) is 0 Å². The first-order valence-corrected chi connectivity index (χ1v) is 4.71. The van der Waals surface area contributed by atoms with E-state index >= 15 is 0 Å². The Labute approximate surface area is 86.1 Å². The van der Waals surface area contributed by atoms with E-state index in [0.717, 1.165) is 5.57 Å². The Bertz CT molecular complexity index is 213. The van der Waals surface area contributed by atoms with Gasteiger partial charge in [-0.1, -0.05) is 12.2 Å². The first-order chi connectivity index (χ1) is 6.22. The second-order valence-corrected chi connectivity index (χ2v) is 4.44. The van der Waals surface area contributed by atoms with Crippen LogP contribution in [-0.2, 0) is 14.3 Å². The molecule has 0 radical (unpaired) electrons. The SMILES string of the molecule is C=C(C)CO[C@H](C)C(=O)OC(C)(C)C. The average molecular weight is 200 g/mol. The third-order valence-corrected chi connectivity index (χ3v) is 1.32. The summed E-state index contributed by atoms with van der Waals surface area (Å²) in [4.78, 5) is 11.4. The molecule has 0 fully saturated rings. The van der Waals surface area contributed by atoms with Gasteiger partial charge in [-0.15, -0.1) is 0 Å². The van der Waals surface area contributed by atoms with E-state index in [4.69, 9.17) is 9.47 Å². The fraction of sp³-hybridized carbons (Fsp3) is 0.727. The second-order valence-electron chi connectivity index (χ2n) is 4.44. The van der Waals surface area contributed by atoms with Gasteiger partial charge < -0.3 is 9.47 Å². The topological polar surface area (TPSA) is 35.5 Å². The highest BCUT2D eigenvalue weighted by Gasteiger charge is 2.21. The molecule has 0 aromatic rings. The summed E-state index contributed by atoms with van der Waals surface area (Å²) in [5.74, 6) is -0.334. The molecule has 0 heterocycles. The molecular formula is C11H20O3. The number of rotatable bonds is 4. The molecule has 0 bridgehead atoms. The van der Waals surface area contributed by atoms with Crippen LogP contribution in [-0.4, -0.2) is 24.3 Å². The Morgan fingerprint density at radius 3 is 2.29 bits per heavy atom. The summed E-state index contributed by atoms with van der Waals surface area (Å²) in [5.41, 5.74) is 0.429. The van der Waals surface area contributed by atoms with Crippen LogP contribution in [0.4, 0.5) is 0 Å². The van der Waals surface area contributed by atoms with E-state index in [2.05, 4.69) is 6.58 Å². The van der Waals surface area contributed by atoms with Crippen molar-refractivity contribution >= 4 is 5.97 Å². The first-order valence-electron chi connectivity index (χ1n) is 4.71. The Hall–Kier alpha value is -0.830. The van der Waals surface area contributed by atoms with E-state index in [0.29, 0.717) is 6.61 Å². The number of hydrogen-bond donors (Lipinski definition) is 0. The molecule has 0 saturated heterocycles. The van der Waals surface area contributed by atoms with Crippen LogP contribution in [0.15, 0.2) is 12.2 Å². The van der Waals surface area contributed by atoms with Crippen LogP contribution in [0.2, 0.25) is 0 Å². The molecule has 0 unspecified atom stereocenters. The van der Waals surface area contributed by atoms with Gasteiger partial charge in [0.25, 0.3) is 0 Å². The van der Waals surface area contributed by atoms with Crippen LogP contribution in [0.3, 0.4) is 0 Å². The van der Waals surface area contributed by atoms with Crippen molar-refractivity contribution in [3.05, 3.63) is 12.2 Å². The smallest absolute Gasteiger partial charge is 0.335 e. The molecule has 3 nitrogen and oxygen atoms in total. The van der Waals surface area contributed by atoms with Crippen molar-refractivity contribution < 1.29 is 14.3 Å². The lowest BCUT2D eigenvalue weighted by Crippen LogP contribution is -2.32. The van der Waals surface area contributed by atoms with Gasteiger partial charge in [0.2, 0.25) is 0 Å². The molecule has 1 atom stereocenters. The van der Waals surface area contributed by atoms with Crippen molar-refractivity contribution in [2.45, 2.75) is 46.3 Å². The zero-order valence-corrected chi connectivity index (χ0v) is 9.72. The van der Waals surface area contributed by atoms with Crippen molar-refractivity contribution in [3.8, 4) is 0 Å². The molecule has 14 heavy (non-hydrogen) atoms. The largest absolute Gasteiger partial charge is 0.458 e. The lowest BCUT2D eigenvalue weighted by Gasteiger charge is -2.22. The fourth-order valence-electron chi connectivity index (χ4n) is 0.720. The molecule has 0 amide bonds. The van der Waals surface area contributed by atoms with E-state index < -0.39 is 11.7 Å². The minimum Gasteiger partial charge on any atom is -0.458 e. The minimum atomic E-state index is -0.536. The van der Waals surface area contributed by atoms with Gasteiger partial charge in [-0.2, -0.15) is 0 Å². The molecule has 0 saturated carbocycles. The molecule has 0 N–H and O–H groups in total. The van der Waals surface area contributed by atoms with Gasteiger partial charge in [0.15, 0.2) is 6.10 Å². The minimum absolute atomic E-state index is 0.334. The van der Waals surface area contributed by atoms with Crippen molar-refractivity contribution in [1.82, 2.24) is 0 Å². The van der Waals surface area contributed by atoms with Gasteiger partial charge in [-0.25, -0.2) is 4.79 Å². The van der Waals surface area contributed by atoms with Gasteiger partial charge in [-0.3, -0.25) is 0 Å². The van der Waals surface area contributed by atoms with Gasteiger partial charge in [0.1, 0.15) is 5.60 Å². The highest BCUT2D eigenvalue weighted by molar-refractivity contribution is 5.74. The summed E-state index contributed by atoms with van der Waals surface area (Å²) in [6, 6.07) is 0. The van der Waals surface area contributed by atoms with Crippen LogP contribution in [0.25, 0.3) is 0 Å². The highest BCUT2D eigenvalue weighted by Crippen LogP contribution is 2.09. The molecule has 0 aromatic carbocycles. The Morgan fingerprint density at radius 2 is 1.93 bits per heavy atom. The first kappa shape index (κ1) is 13.2. The normalized spacial score (nSPS) is 13.5. The Balaban J connectivity index is 3.94. The summed E-state index contributed by atoms with van der Waals surface area (Å²) in [6.45, 7) is 13.1. The fourth-order valence-corrected chi connectivity index (χ4v) is 0.720. The highest BCUT2D eigenvalue weighted by atomic mass is 16.6. The molecule has 3 heteroatoms. The monoisotopic (exact) mass is 200 g/mol. The van der Waals surface area contributed by atoms with Crippen LogP contribution in [0.1, 0.15) is 34.6 Å². The van der Waals surface area contributed by atoms with Gasteiger partial charge >= 0.3 is 5.97 Å². The number of hydrogen-bond acceptors (Lipinski definition) is 3. The third-order valence-electron chi connectivity index (χ3n) is 1.32. The summed E-state index contributed by atoms with van der Waals surface area (Å²) < 4.78 is 10.4. The van der Waals surface area contributed by atoms with Crippen molar-refractivity contribution in [2.75, 3.05) is 6.61 Å². The molecule has 0 aliphatic carbocycles. The summed E-state index contributed by atoms with van der Waals surface area (Å²) in [6.07, 6.45) is -0.536. The van der Waals surface area contributed by atoms with E-state index in [1.165, 1.54) is 0 Å². The van der Waals surface area contributed by atoms with Gasteiger partial charge in [0.05, 0.1) is 6.61 Å². The van der Waals surface area contributed by atoms with Gasteiger partial charge in [0, 0.05) is 0 Å². The maximum Gasteiger partial charge on any atom is 0.335 e. The number of ether oxygens (including phenoxy) is 2. The number of esters is 1. The van der Waals surface area contributed by atoms with Crippen molar-refractivity contribution in [2.24, 2.45) is 0 Å². The summed E-state index contributed by atoms with van der Waals surface area (Å²) in [5, 5.41) is 0. The molecule has 0 spiro atoms. The number of carbonyl (C=O) groups excluding carboxylic acids is 1. The van der Waals surface area contributed by atoms with E-state index in [1.54, 1.807) is 6.92 Å². The van der Waals surface area contributed by atoms with Crippen molar-refractivity contribution in [3.63, 3.8) is 0 Å². The van der Waals surface area contributed by atoms with Crippen LogP contribution >= 0.6 is 0 Å². The molecule has 0 rings (SSSR count). The zero-order valence-electron chi connectivity index (χ0n) is 9.72.